The number of fused-ring (bicyclic) bond motifs is 2. The maximum Gasteiger partial charge on any atom is 0.270 e. The number of hydrogen-bond acceptors (Lipinski definition) is 9. The van der Waals surface area contributed by atoms with E-state index in [-0.39, 0.29) is 42.5 Å². The number of pyridine rings is 1. The van der Waals surface area contributed by atoms with Gasteiger partial charge in [0.2, 0.25) is 5.91 Å². The topological polar surface area (TPSA) is 172 Å². The van der Waals surface area contributed by atoms with Crippen LogP contribution >= 0.6 is 0 Å². The number of carbonyl (C=O) groups excluding carboxylic acids is 2. The summed E-state index contributed by atoms with van der Waals surface area (Å²) in [5.74, 6) is 4.87. The number of hydrazone groups is 1. The van der Waals surface area contributed by atoms with Crippen LogP contribution in [0.5, 0.6) is 5.75 Å². The van der Waals surface area contributed by atoms with Crippen molar-refractivity contribution in [3.8, 4) is 22.9 Å². The average Bonchev–Trinajstić information content (AvgIpc) is 3.83. The molecule has 5 heterocycles. The van der Waals surface area contributed by atoms with E-state index in [4.69, 9.17) is 10.6 Å². The third-order valence-corrected chi connectivity index (χ3v) is 9.62. The number of methoxy groups -OCH3 is 1. The van der Waals surface area contributed by atoms with Gasteiger partial charge < -0.3 is 35.2 Å². The average molecular weight is 701 g/mol. The van der Waals surface area contributed by atoms with Crippen LogP contribution in [-0.2, 0) is 4.79 Å². The minimum atomic E-state index is -0.495. The second kappa shape index (κ2) is 14.8. The lowest BCUT2D eigenvalue weighted by atomic mass is 9.93. The predicted molar refractivity (Wildman–Crippen MR) is 199 cm³/mol. The van der Waals surface area contributed by atoms with Crippen molar-refractivity contribution in [2.45, 2.75) is 12.8 Å². The summed E-state index contributed by atoms with van der Waals surface area (Å²) in [6, 6.07) is 15.1. The van der Waals surface area contributed by atoms with Crippen molar-refractivity contribution < 1.29 is 18.7 Å². The zero-order chi connectivity index (χ0) is 36.2. The molecule has 0 atom stereocenters. The smallest absolute Gasteiger partial charge is 0.270 e. The molecule has 13 nitrogen and oxygen atoms in total. The van der Waals surface area contributed by atoms with E-state index in [1.54, 1.807) is 41.4 Å². The Labute approximate surface area is 298 Å². The number of ether oxygens (including phenoxy) is 1. The number of para-hydroxylation sites is 1. The summed E-state index contributed by atoms with van der Waals surface area (Å²) in [7, 11) is 1.58. The summed E-state index contributed by atoms with van der Waals surface area (Å²) in [6.45, 7) is 2.99. The number of aromatic amines is 2. The minimum Gasteiger partial charge on any atom is -0.496 e. The van der Waals surface area contributed by atoms with Crippen molar-refractivity contribution in [1.29, 1.82) is 5.26 Å². The van der Waals surface area contributed by atoms with Gasteiger partial charge in [-0.1, -0.05) is 24.3 Å². The first-order valence-electron chi connectivity index (χ1n) is 17.0. The van der Waals surface area contributed by atoms with Crippen molar-refractivity contribution in [3.05, 3.63) is 83.6 Å². The van der Waals surface area contributed by atoms with Crippen LogP contribution in [0.4, 0.5) is 10.1 Å². The van der Waals surface area contributed by atoms with E-state index in [0.717, 1.165) is 16.6 Å². The number of rotatable bonds is 9. The maximum absolute atomic E-state index is 16.7. The van der Waals surface area contributed by atoms with E-state index in [1.165, 1.54) is 12.4 Å². The normalized spacial score (nSPS) is 15.2. The zero-order valence-corrected chi connectivity index (χ0v) is 28.6. The van der Waals surface area contributed by atoms with Crippen LogP contribution in [0.2, 0.25) is 0 Å². The molecular formula is C38H37FN10O3. The van der Waals surface area contributed by atoms with Crippen LogP contribution < -0.4 is 15.5 Å². The monoisotopic (exact) mass is 700 g/mol. The number of nitrogens with two attached hydrogens (primary N) is 1. The highest BCUT2D eigenvalue weighted by Gasteiger charge is 2.28. The van der Waals surface area contributed by atoms with Crippen molar-refractivity contribution in [3.63, 3.8) is 0 Å². The number of H-pyrrole nitrogens is 2. The Morgan fingerprint density at radius 2 is 1.90 bits per heavy atom. The Balaban J connectivity index is 1.18. The quantitative estimate of drug-likeness (QED) is 0.113. The van der Waals surface area contributed by atoms with E-state index >= 15 is 4.39 Å². The number of aliphatic imine (C=N–C) groups is 1. The van der Waals surface area contributed by atoms with Gasteiger partial charge in [-0.05, 0) is 41.8 Å². The van der Waals surface area contributed by atoms with Crippen LogP contribution in [0.1, 0.15) is 34.5 Å². The lowest BCUT2D eigenvalue weighted by molar-refractivity contribution is -0.130. The molecule has 52 heavy (non-hydrogen) atoms. The molecule has 1 fully saturated rings. The second-order valence-corrected chi connectivity index (χ2v) is 12.5. The first-order chi connectivity index (χ1) is 25.4. The van der Waals surface area contributed by atoms with Crippen LogP contribution in [0.3, 0.4) is 0 Å². The number of piperazine rings is 1. The fraction of sp³-hybridized carbons (Fsp3) is 0.263. The predicted octanol–water partition coefficient (Wildman–Crippen LogP) is 4.71. The molecule has 7 rings (SSSR count). The third-order valence-electron chi connectivity index (χ3n) is 9.62. The highest BCUT2D eigenvalue weighted by atomic mass is 19.1. The van der Waals surface area contributed by atoms with Crippen molar-refractivity contribution in [2.75, 3.05) is 57.8 Å². The number of amides is 2. The number of nitrogens with one attached hydrogen (secondary N) is 2. The van der Waals surface area contributed by atoms with Gasteiger partial charge in [0.15, 0.2) is 5.82 Å². The van der Waals surface area contributed by atoms with Crippen LogP contribution in [-0.4, -0.2) is 102 Å². The molecule has 0 aliphatic carbocycles. The SMILES string of the molecule is COc1ccccc1-c1cc(C2=CCCN(C(=O)CCN=C/C=N\N)C2)c(F)c2[nH]c(C(=O)N3CCN(c4ccnc5[nH]cc(C#N)c45)CC3)cc12. The molecule has 264 valence electrons. The van der Waals surface area contributed by atoms with Gasteiger partial charge in [-0.15, -0.1) is 0 Å². The van der Waals surface area contributed by atoms with E-state index in [0.29, 0.717) is 78.2 Å². The van der Waals surface area contributed by atoms with Gasteiger partial charge in [0.05, 0.1) is 35.5 Å². The molecule has 1 saturated heterocycles. The lowest BCUT2D eigenvalue weighted by Gasteiger charge is -2.36. The van der Waals surface area contributed by atoms with E-state index in [2.05, 4.69) is 36.0 Å². The summed E-state index contributed by atoms with van der Waals surface area (Å²) in [5.41, 5.74) is 5.00. The molecule has 4 N–H and O–H groups in total. The number of hydrogen-bond donors (Lipinski definition) is 3. The first-order valence-corrected chi connectivity index (χ1v) is 17.0. The summed E-state index contributed by atoms with van der Waals surface area (Å²) in [6.07, 6.45) is 8.89. The summed E-state index contributed by atoms with van der Waals surface area (Å²) in [4.78, 5) is 47.4. The largest absolute Gasteiger partial charge is 0.496 e. The van der Waals surface area contributed by atoms with Gasteiger partial charge in [-0.25, -0.2) is 9.37 Å². The van der Waals surface area contributed by atoms with E-state index < -0.39 is 5.82 Å². The Kier molecular flexibility index (Phi) is 9.66. The highest BCUT2D eigenvalue weighted by Crippen LogP contribution is 2.40. The number of carbonyl (C=O) groups is 2. The number of aromatic nitrogens is 3. The molecular weight excluding hydrogens is 663 g/mol. The van der Waals surface area contributed by atoms with Crippen molar-refractivity contribution in [2.24, 2.45) is 15.9 Å². The molecule has 0 unspecified atom stereocenters. The first kappa shape index (κ1) is 34.0. The standard InChI is InChI=1S/C38H37FN10O3/c1-52-32-7-3-2-6-26(32)28-19-27(24-5-4-14-49(23-24)33(50)9-10-42-12-13-45-41)35(39)36-29(28)20-30(46-36)38(51)48-17-15-47(16-18-48)31-8-11-43-37-34(31)25(21-40)22-44-37/h2-3,5-8,11-13,19-20,22,46H,4,9-10,14-18,23,41H2,1H3,(H,43,44)/b42-12?,45-13-. The molecule has 2 amide bonds. The summed E-state index contributed by atoms with van der Waals surface area (Å²) in [5, 5.41) is 14.3. The number of benzene rings is 2. The minimum absolute atomic E-state index is 0.0846. The van der Waals surface area contributed by atoms with Gasteiger partial charge in [0, 0.05) is 87.4 Å². The maximum atomic E-state index is 16.7. The fourth-order valence-electron chi connectivity index (χ4n) is 7.04. The number of halogens is 1. The molecule has 0 bridgehead atoms. The van der Waals surface area contributed by atoms with Crippen LogP contribution in [0, 0.1) is 17.1 Å². The van der Waals surface area contributed by atoms with Gasteiger partial charge in [-0.3, -0.25) is 14.6 Å². The number of nitrogens with zero attached hydrogens (tertiary/aromatic N) is 7. The van der Waals surface area contributed by atoms with Gasteiger partial charge in [0.25, 0.3) is 5.91 Å². The molecule has 14 heteroatoms. The highest BCUT2D eigenvalue weighted by molar-refractivity contribution is 6.15. The Bertz CT molecular complexity index is 2290. The van der Waals surface area contributed by atoms with Gasteiger partial charge in [-0.2, -0.15) is 10.4 Å². The molecule has 0 saturated carbocycles. The second-order valence-electron chi connectivity index (χ2n) is 12.5. The Hall–Kier alpha value is -6.49. The van der Waals surface area contributed by atoms with Gasteiger partial charge >= 0.3 is 0 Å². The number of anilines is 1. The van der Waals surface area contributed by atoms with Crippen molar-refractivity contribution >= 4 is 57.4 Å². The molecule has 2 aromatic carbocycles. The molecule has 3 aromatic heterocycles. The Morgan fingerprint density at radius 1 is 1.08 bits per heavy atom. The molecule has 5 aromatic rings. The third kappa shape index (κ3) is 6.44. The van der Waals surface area contributed by atoms with Crippen LogP contribution in [0.15, 0.2) is 71.0 Å². The van der Waals surface area contributed by atoms with E-state index in [1.807, 2.05) is 36.4 Å². The zero-order valence-electron chi connectivity index (χ0n) is 28.6. The summed E-state index contributed by atoms with van der Waals surface area (Å²) < 4.78 is 22.4. The molecule has 0 spiro atoms. The fourth-order valence-corrected chi connectivity index (χ4v) is 7.04. The molecule has 0 radical (unpaired) electrons. The van der Waals surface area contributed by atoms with E-state index in [9.17, 15) is 14.9 Å². The number of nitriles is 1. The van der Waals surface area contributed by atoms with Crippen LogP contribution in [0.25, 0.3) is 38.6 Å². The Morgan fingerprint density at radius 3 is 2.69 bits per heavy atom. The molecule has 2 aliphatic heterocycles. The molecule has 2 aliphatic rings. The van der Waals surface area contributed by atoms with Crippen molar-refractivity contribution in [1.82, 2.24) is 24.8 Å². The lowest BCUT2D eigenvalue weighted by Crippen LogP contribution is -2.49. The summed E-state index contributed by atoms with van der Waals surface area (Å²) >= 11 is 0. The van der Waals surface area contributed by atoms with Gasteiger partial charge in [0.1, 0.15) is 23.2 Å².